The summed E-state index contributed by atoms with van der Waals surface area (Å²) in [6.07, 6.45) is 5.10. The zero-order chi connectivity index (χ0) is 23.2. The maximum atomic E-state index is 13.1. The number of benzene rings is 2. The van der Waals surface area contributed by atoms with E-state index in [1.54, 1.807) is 20.4 Å². The second-order valence-electron chi connectivity index (χ2n) is 8.20. The maximum absolute atomic E-state index is 13.1. The Bertz CT molecular complexity index is 1090. The Kier molecular flexibility index (Phi) is 7.17. The van der Waals surface area contributed by atoms with E-state index in [9.17, 15) is 4.79 Å². The molecule has 2 aromatic carbocycles. The average Bonchev–Trinajstić information content (AvgIpc) is 3.31. The summed E-state index contributed by atoms with van der Waals surface area (Å²) in [7, 11) is 3.25. The van der Waals surface area contributed by atoms with Gasteiger partial charge < -0.3 is 23.5 Å². The molecular formula is C26H30N2O5. The van der Waals surface area contributed by atoms with Gasteiger partial charge in [0.1, 0.15) is 17.6 Å². The molecule has 1 aromatic heterocycles. The van der Waals surface area contributed by atoms with Gasteiger partial charge in [-0.25, -0.2) is 4.98 Å². The number of piperidine rings is 1. The standard InChI is InChI=1S/C26H30N2O5/c1-18-11-12-23(24(14-18)31-3)32-17-25(29)28-13-7-6-9-21(28)26-27-16-20(33-26)15-19-8-4-5-10-22(19)30-2/h4-5,8,10-12,14,16,21H,6-7,9,13,15,17H2,1-3H3. The lowest BCUT2D eigenvalue weighted by Gasteiger charge is -2.33. The van der Waals surface area contributed by atoms with E-state index in [0.29, 0.717) is 30.4 Å². The van der Waals surface area contributed by atoms with E-state index in [1.165, 1.54) is 0 Å². The summed E-state index contributed by atoms with van der Waals surface area (Å²) in [6, 6.07) is 13.3. The van der Waals surface area contributed by atoms with Gasteiger partial charge in [-0.2, -0.15) is 0 Å². The molecule has 0 radical (unpaired) electrons. The van der Waals surface area contributed by atoms with Crippen molar-refractivity contribution in [3.8, 4) is 17.2 Å². The van der Waals surface area contributed by atoms with Crippen LogP contribution in [0.4, 0.5) is 0 Å². The number of nitrogens with zero attached hydrogens (tertiary/aromatic N) is 2. The normalized spacial score (nSPS) is 15.8. The quantitative estimate of drug-likeness (QED) is 0.494. The van der Waals surface area contributed by atoms with Crippen LogP contribution in [0, 0.1) is 6.92 Å². The molecule has 33 heavy (non-hydrogen) atoms. The third kappa shape index (κ3) is 5.30. The van der Waals surface area contributed by atoms with E-state index < -0.39 is 0 Å². The molecule has 0 saturated carbocycles. The van der Waals surface area contributed by atoms with Crippen LogP contribution < -0.4 is 14.2 Å². The molecule has 7 nitrogen and oxygen atoms in total. The number of aromatic nitrogens is 1. The monoisotopic (exact) mass is 450 g/mol. The smallest absolute Gasteiger partial charge is 0.261 e. The summed E-state index contributed by atoms with van der Waals surface area (Å²) in [5, 5.41) is 0. The zero-order valence-corrected chi connectivity index (χ0v) is 19.4. The lowest BCUT2D eigenvalue weighted by Crippen LogP contribution is -2.41. The van der Waals surface area contributed by atoms with Gasteiger partial charge in [0.25, 0.3) is 5.91 Å². The van der Waals surface area contributed by atoms with Crippen molar-refractivity contribution in [1.29, 1.82) is 0 Å². The fraction of sp³-hybridized carbons (Fsp3) is 0.385. The summed E-state index contributed by atoms with van der Waals surface area (Å²) < 4.78 is 22.7. The van der Waals surface area contributed by atoms with Gasteiger partial charge in [0.05, 0.1) is 20.4 Å². The molecule has 1 saturated heterocycles. The molecule has 174 valence electrons. The molecule has 1 aliphatic rings. The van der Waals surface area contributed by atoms with Gasteiger partial charge in [0.2, 0.25) is 5.89 Å². The minimum Gasteiger partial charge on any atom is -0.496 e. The van der Waals surface area contributed by atoms with Crippen LogP contribution in [0.15, 0.2) is 53.1 Å². The fourth-order valence-corrected chi connectivity index (χ4v) is 4.20. The number of carbonyl (C=O) groups is 1. The Morgan fingerprint density at radius 1 is 1.09 bits per heavy atom. The number of hydrogen-bond acceptors (Lipinski definition) is 6. The highest BCUT2D eigenvalue weighted by Gasteiger charge is 2.31. The van der Waals surface area contributed by atoms with E-state index in [4.69, 9.17) is 18.6 Å². The summed E-state index contributed by atoms with van der Waals surface area (Å²) in [5.74, 6) is 3.21. The number of ether oxygens (including phenoxy) is 3. The third-order valence-corrected chi connectivity index (χ3v) is 5.91. The number of likely N-dealkylation sites (tertiary alicyclic amines) is 1. The molecule has 1 aliphatic heterocycles. The molecule has 3 aromatic rings. The van der Waals surface area contributed by atoms with E-state index in [1.807, 2.05) is 54.3 Å². The highest BCUT2D eigenvalue weighted by atomic mass is 16.5. The number of hydrogen-bond donors (Lipinski definition) is 0. The maximum Gasteiger partial charge on any atom is 0.261 e. The van der Waals surface area contributed by atoms with Crippen molar-refractivity contribution in [1.82, 2.24) is 9.88 Å². The SMILES string of the molecule is COc1ccccc1Cc1cnc(C2CCCCN2C(=O)COc2ccc(C)cc2OC)o1. The number of aryl methyl sites for hydroxylation is 1. The van der Waals surface area contributed by atoms with Crippen molar-refractivity contribution in [3.63, 3.8) is 0 Å². The van der Waals surface area contributed by atoms with E-state index in [-0.39, 0.29) is 18.6 Å². The molecule has 1 unspecified atom stereocenters. The van der Waals surface area contributed by atoms with Crippen molar-refractivity contribution >= 4 is 5.91 Å². The van der Waals surface area contributed by atoms with Crippen LogP contribution >= 0.6 is 0 Å². The second kappa shape index (κ2) is 10.4. The Labute approximate surface area is 194 Å². The van der Waals surface area contributed by atoms with E-state index in [2.05, 4.69) is 4.98 Å². The fourth-order valence-electron chi connectivity index (χ4n) is 4.20. The molecule has 1 amide bonds. The van der Waals surface area contributed by atoms with Crippen molar-refractivity contribution in [3.05, 3.63) is 71.4 Å². The molecule has 0 bridgehead atoms. The summed E-state index contributed by atoms with van der Waals surface area (Å²) in [4.78, 5) is 19.4. The molecule has 0 spiro atoms. The lowest BCUT2D eigenvalue weighted by atomic mass is 10.0. The van der Waals surface area contributed by atoms with Crippen molar-refractivity contribution in [2.75, 3.05) is 27.4 Å². The number of oxazole rings is 1. The van der Waals surface area contributed by atoms with Gasteiger partial charge in [0.15, 0.2) is 18.1 Å². The molecule has 0 aliphatic carbocycles. The Hall–Kier alpha value is -3.48. The number of methoxy groups -OCH3 is 2. The van der Waals surface area contributed by atoms with Crippen LogP contribution in [0.2, 0.25) is 0 Å². The highest BCUT2D eigenvalue weighted by Crippen LogP contribution is 2.32. The van der Waals surface area contributed by atoms with Crippen molar-refractivity contribution in [2.45, 2.75) is 38.6 Å². The van der Waals surface area contributed by atoms with Crippen LogP contribution in [-0.2, 0) is 11.2 Å². The van der Waals surface area contributed by atoms with Gasteiger partial charge >= 0.3 is 0 Å². The van der Waals surface area contributed by atoms with Crippen LogP contribution in [-0.4, -0.2) is 43.2 Å². The van der Waals surface area contributed by atoms with E-state index >= 15 is 0 Å². The minimum atomic E-state index is -0.193. The number of carbonyl (C=O) groups excluding carboxylic acids is 1. The predicted octanol–water partition coefficient (Wildman–Crippen LogP) is 4.72. The van der Waals surface area contributed by atoms with Crippen LogP contribution in [0.5, 0.6) is 17.2 Å². The van der Waals surface area contributed by atoms with E-state index in [0.717, 1.165) is 41.9 Å². The largest absolute Gasteiger partial charge is 0.496 e. The number of para-hydroxylation sites is 1. The lowest BCUT2D eigenvalue weighted by molar-refractivity contribution is -0.137. The topological polar surface area (TPSA) is 74.0 Å². The van der Waals surface area contributed by atoms with Gasteiger partial charge in [-0.15, -0.1) is 0 Å². The highest BCUT2D eigenvalue weighted by molar-refractivity contribution is 5.78. The number of rotatable bonds is 8. The predicted molar refractivity (Wildman–Crippen MR) is 124 cm³/mol. The van der Waals surface area contributed by atoms with Crippen molar-refractivity contribution < 1.29 is 23.4 Å². The van der Waals surface area contributed by atoms with Crippen LogP contribution in [0.1, 0.15) is 48.1 Å². The van der Waals surface area contributed by atoms with Crippen LogP contribution in [0.3, 0.4) is 0 Å². The molecule has 7 heteroatoms. The van der Waals surface area contributed by atoms with Gasteiger partial charge in [-0.1, -0.05) is 24.3 Å². The van der Waals surface area contributed by atoms with Gasteiger partial charge in [-0.05, 0) is 49.9 Å². The molecule has 4 rings (SSSR count). The first-order valence-electron chi connectivity index (χ1n) is 11.2. The van der Waals surface area contributed by atoms with Crippen molar-refractivity contribution in [2.24, 2.45) is 0 Å². The van der Waals surface area contributed by atoms with Crippen LogP contribution in [0.25, 0.3) is 0 Å². The molecule has 1 fully saturated rings. The Morgan fingerprint density at radius 3 is 2.73 bits per heavy atom. The second-order valence-corrected chi connectivity index (χ2v) is 8.20. The Morgan fingerprint density at radius 2 is 1.91 bits per heavy atom. The zero-order valence-electron chi connectivity index (χ0n) is 19.4. The summed E-state index contributed by atoms with van der Waals surface area (Å²) >= 11 is 0. The molecular weight excluding hydrogens is 420 g/mol. The molecule has 1 atom stereocenters. The first kappa shape index (κ1) is 22.7. The van der Waals surface area contributed by atoms with Gasteiger partial charge in [0, 0.05) is 18.5 Å². The van der Waals surface area contributed by atoms with Gasteiger partial charge in [-0.3, -0.25) is 4.79 Å². The summed E-state index contributed by atoms with van der Waals surface area (Å²) in [5.41, 5.74) is 2.09. The Balaban J connectivity index is 1.45. The first-order valence-corrected chi connectivity index (χ1v) is 11.2. The molecule has 0 N–H and O–H groups in total. The third-order valence-electron chi connectivity index (χ3n) is 5.91. The summed E-state index contributed by atoms with van der Waals surface area (Å²) in [6.45, 7) is 2.57. The number of amides is 1. The minimum absolute atomic E-state index is 0.0648. The molecule has 2 heterocycles. The first-order chi connectivity index (χ1) is 16.1. The average molecular weight is 451 g/mol.